The van der Waals surface area contributed by atoms with Crippen molar-refractivity contribution in [2.24, 2.45) is 5.92 Å². The molecule has 1 N–H and O–H groups in total. The fourth-order valence-corrected chi connectivity index (χ4v) is 1.61. The van der Waals surface area contributed by atoms with Crippen molar-refractivity contribution in [3.8, 4) is 0 Å². The fraction of sp³-hybridized carbons (Fsp3) is 1.00. The maximum atomic E-state index is 3.44. The summed E-state index contributed by atoms with van der Waals surface area (Å²) in [7, 11) is 4.30. The third kappa shape index (κ3) is 7.56. The molecule has 0 radical (unpaired) electrons. The predicted molar refractivity (Wildman–Crippen MR) is 63.3 cm³/mol. The lowest BCUT2D eigenvalue weighted by molar-refractivity contribution is 0.303. The molecule has 1 aliphatic rings. The van der Waals surface area contributed by atoms with Gasteiger partial charge in [-0.15, -0.1) is 24.8 Å². The highest BCUT2D eigenvalue weighted by atomic mass is 35.5. The molecule has 1 fully saturated rings. The molecule has 0 bridgehead atoms. The van der Waals surface area contributed by atoms with Gasteiger partial charge in [-0.1, -0.05) is 0 Å². The Morgan fingerprint density at radius 2 is 2.00 bits per heavy atom. The zero-order chi connectivity index (χ0) is 8.10. The first-order valence-electron chi connectivity index (χ1n) is 4.64. The van der Waals surface area contributed by atoms with Crippen LogP contribution in [0.2, 0.25) is 0 Å². The van der Waals surface area contributed by atoms with Gasteiger partial charge in [-0.25, -0.2) is 0 Å². The zero-order valence-corrected chi connectivity index (χ0v) is 10.2. The van der Waals surface area contributed by atoms with Gasteiger partial charge in [0.15, 0.2) is 0 Å². The van der Waals surface area contributed by atoms with E-state index in [9.17, 15) is 0 Å². The second-order valence-electron chi connectivity index (χ2n) is 3.80. The van der Waals surface area contributed by atoms with Gasteiger partial charge in [-0.3, -0.25) is 0 Å². The van der Waals surface area contributed by atoms with Crippen LogP contribution in [-0.4, -0.2) is 38.6 Å². The summed E-state index contributed by atoms with van der Waals surface area (Å²) in [6, 6.07) is 0. The van der Waals surface area contributed by atoms with Gasteiger partial charge in [0.05, 0.1) is 0 Å². The molecule has 0 aromatic carbocycles. The van der Waals surface area contributed by atoms with Crippen molar-refractivity contribution >= 4 is 24.8 Å². The lowest BCUT2D eigenvalue weighted by atomic mass is 9.96. The van der Waals surface area contributed by atoms with E-state index in [1.807, 2.05) is 0 Å². The van der Waals surface area contributed by atoms with Gasteiger partial charge in [0.1, 0.15) is 0 Å². The van der Waals surface area contributed by atoms with E-state index < -0.39 is 0 Å². The van der Waals surface area contributed by atoms with E-state index in [-0.39, 0.29) is 24.8 Å². The average Bonchev–Trinajstić information content (AvgIpc) is 2.03. The maximum absolute atomic E-state index is 3.44. The molecule has 1 unspecified atom stereocenters. The molecule has 1 atom stereocenters. The molecule has 0 aromatic rings. The SMILES string of the molecule is CN(C)CCC1CCCNC1.Cl.Cl. The van der Waals surface area contributed by atoms with Crippen LogP contribution in [0.25, 0.3) is 0 Å². The van der Waals surface area contributed by atoms with Crippen molar-refractivity contribution in [3.63, 3.8) is 0 Å². The average molecular weight is 229 g/mol. The highest BCUT2D eigenvalue weighted by Gasteiger charge is 2.11. The molecule has 1 heterocycles. The minimum absolute atomic E-state index is 0. The number of piperidine rings is 1. The summed E-state index contributed by atoms with van der Waals surface area (Å²) < 4.78 is 0. The van der Waals surface area contributed by atoms with Crippen LogP contribution in [0.1, 0.15) is 19.3 Å². The molecule has 0 amide bonds. The molecule has 1 saturated heterocycles. The highest BCUT2D eigenvalue weighted by Crippen LogP contribution is 2.13. The van der Waals surface area contributed by atoms with Crippen LogP contribution in [0, 0.1) is 5.92 Å². The van der Waals surface area contributed by atoms with Crippen LogP contribution in [0.5, 0.6) is 0 Å². The third-order valence-corrected chi connectivity index (χ3v) is 2.38. The summed E-state index contributed by atoms with van der Waals surface area (Å²) in [5.74, 6) is 0.936. The Morgan fingerprint density at radius 3 is 2.46 bits per heavy atom. The Kier molecular flexibility index (Phi) is 11.1. The summed E-state index contributed by atoms with van der Waals surface area (Å²) >= 11 is 0. The van der Waals surface area contributed by atoms with Gasteiger partial charge in [0.25, 0.3) is 0 Å². The van der Waals surface area contributed by atoms with Crippen molar-refractivity contribution in [2.75, 3.05) is 33.7 Å². The first kappa shape index (κ1) is 15.9. The van der Waals surface area contributed by atoms with Crippen molar-refractivity contribution in [3.05, 3.63) is 0 Å². The number of nitrogens with one attached hydrogen (secondary N) is 1. The number of hydrogen-bond acceptors (Lipinski definition) is 2. The molecule has 2 nitrogen and oxygen atoms in total. The van der Waals surface area contributed by atoms with E-state index in [0.717, 1.165) is 5.92 Å². The van der Waals surface area contributed by atoms with Crippen molar-refractivity contribution in [1.29, 1.82) is 0 Å². The minimum Gasteiger partial charge on any atom is -0.316 e. The second-order valence-corrected chi connectivity index (χ2v) is 3.80. The molecular weight excluding hydrogens is 207 g/mol. The van der Waals surface area contributed by atoms with Crippen molar-refractivity contribution < 1.29 is 0 Å². The van der Waals surface area contributed by atoms with Gasteiger partial charge in [0, 0.05) is 0 Å². The standard InChI is InChI=1S/C9H20N2.2ClH/c1-11(2)7-5-9-4-3-6-10-8-9;;/h9-10H,3-8H2,1-2H3;2*1H. The monoisotopic (exact) mass is 228 g/mol. The van der Waals surface area contributed by atoms with Crippen LogP contribution in [0.3, 0.4) is 0 Å². The van der Waals surface area contributed by atoms with E-state index in [1.165, 1.54) is 38.9 Å². The molecule has 82 valence electrons. The van der Waals surface area contributed by atoms with Crippen LogP contribution in [-0.2, 0) is 0 Å². The summed E-state index contributed by atoms with van der Waals surface area (Å²) in [4.78, 5) is 2.27. The number of hydrogen-bond donors (Lipinski definition) is 1. The predicted octanol–water partition coefficient (Wildman–Crippen LogP) is 1.78. The van der Waals surface area contributed by atoms with Crippen molar-refractivity contribution in [2.45, 2.75) is 19.3 Å². The Bertz CT molecular complexity index is 104. The van der Waals surface area contributed by atoms with E-state index in [0.29, 0.717) is 0 Å². The number of halogens is 2. The second kappa shape index (κ2) is 9.07. The van der Waals surface area contributed by atoms with E-state index >= 15 is 0 Å². The largest absolute Gasteiger partial charge is 0.316 e. The summed E-state index contributed by atoms with van der Waals surface area (Å²) in [5.41, 5.74) is 0. The quantitative estimate of drug-likeness (QED) is 0.793. The van der Waals surface area contributed by atoms with Crippen LogP contribution in [0.4, 0.5) is 0 Å². The van der Waals surface area contributed by atoms with Crippen LogP contribution in [0.15, 0.2) is 0 Å². The molecular formula is C9H22Cl2N2. The highest BCUT2D eigenvalue weighted by molar-refractivity contribution is 5.85. The van der Waals surface area contributed by atoms with Crippen LogP contribution < -0.4 is 5.32 Å². The topological polar surface area (TPSA) is 15.3 Å². The lowest BCUT2D eigenvalue weighted by Gasteiger charge is -2.23. The molecule has 0 spiro atoms. The molecule has 0 aliphatic carbocycles. The van der Waals surface area contributed by atoms with E-state index in [4.69, 9.17) is 0 Å². The summed E-state index contributed by atoms with van der Waals surface area (Å²) in [6.45, 7) is 3.72. The molecule has 0 aromatic heterocycles. The molecule has 13 heavy (non-hydrogen) atoms. The molecule has 0 saturated carbocycles. The molecule has 1 rings (SSSR count). The smallest absolute Gasteiger partial charge is 0.00200 e. The van der Waals surface area contributed by atoms with Crippen LogP contribution >= 0.6 is 24.8 Å². The van der Waals surface area contributed by atoms with Gasteiger partial charge in [0.2, 0.25) is 0 Å². The first-order chi connectivity index (χ1) is 5.29. The van der Waals surface area contributed by atoms with Crippen molar-refractivity contribution in [1.82, 2.24) is 10.2 Å². The van der Waals surface area contributed by atoms with Gasteiger partial charge in [-0.2, -0.15) is 0 Å². The number of nitrogens with zero attached hydrogens (tertiary/aromatic N) is 1. The van der Waals surface area contributed by atoms with E-state index in [2.05, 4.69) is 24.3 Å². The van der Waals surface area contributed by atoms with Gasteiger partial charge in [-0.05, 0) is 58.9 Å². The maximum Gasteiger partial charge on any atom is -0.00200 e. The molecule has 1 aliphatic heterocycles. The third-order valence-electron chi connectivity index (χ3n) is 2.38. The number of rotatable bonds is 3. The van der Waals surface area contributed by atoms with Gasteiger partial charge < -0.3 is 10.2 Å². The lowest BCUT2D eigenvalue weighted by Crippen LogP contribution is -2.31. The first-order valence-corrected chi connectivity index (χ1v) is 4.64. The fourth-order valence-electron chi connectivity index (χ4n) is 1.61. The van der Waals surface area contributed by atoms with E-state index in [1.54, 1.807) is 0 Å². The Balaban J connectivity index is 0. The Labute approximate surface area is 94.3 Å². The van der Waals surface area contributed by atoms with Gasteiger partial charge >= 0.3 is 0 Å². The molecule has 4 heteroatoms. The summed E-state index contributed by atoms with van der Waals surface area (Å²) in [5, 5.41) is 3.44. The zero-order valence-electron chi connectivity index (χ0n) is 8.58. The Hall–Kier alpha value is 0.500. The Morgan fingerprint density at radius 1 is 1.31 bits per heavy atom. The summed E-state index contributed by atoms with van der Waals surface area (Å²) in [6.07, 6.45) is 4.17. The minimum atomic E-state index is 0. The normalized spacial score (nSPS) is 21.9.